The molecular weight excluding hydrogens is 429 g/mol. The highest BCUT2D eigenvalue weighted by Crippen LogP contribution is 2.45. The van der Waals surface area contributed by atoms with Crippen LogP contribution < -0.4 is 0 Å². The van der Waals surface area contributed by atoms with Crippen molar-refractivity contribution in [1.82, 2.24) is 4.31 Å². The maximum atomic E-state index is 13.9. The summed E-state index contributed by atoms with van der Waals surface area (Å²) in [6.45, 7) is 1.86. The SMILES string of the molecule is Cc1ccc(S(=O)(=O)N2C(c3ccc(F)cc3)CC=C(C(=O)O)[C@@H]2c2ccccc2)cc1. The van der Waals surface area contributed by atoms with Crippen LogP contribution in [0.1, 0.15) is 35.2 Å². The van der Waals surface area contributed by atoms with E-state index in [2.05, 4.69) is 0 Å². The van der Waals surface area contributed by atoms with Crippen molar-refractivity contribution < 1.29 is 22.7 Å². The second-order valence-electron chi connectivity index (χ2n) is 7.73. The summed E-state index contributed by atoms with van der Waals surface area (Å²) in [5.41, 5.74) is 2.03. The molecule has 1 N–H and O–H groups in total. The maximum absolute atomic E-state index is 13.9. The summed E-state index contributed by atoms with van der Waals surface area (Å²) in [6, 6.07) is 19.0. The van der Waals surface area contributed by atoms with Gasteiger partial charge in [-0.3, -0.25) is 0 Å². The number of rotatable bonds is 5. The Hall–Kier alpha value is -3.29. The standard InChI is InChI=1S/C25H22FNO4S/c1-17-7-13-21(14-8-17)32(30,31)27-23(18-9-11-20(26)12-10-18)16-15-22(25(28)29)24(27)19-5-3-2-4-6-19/h2-15,23-24H,16H2,1H3,(H,28,29)/t23?,24-/m0/s1. The molecule has 0 aromatic heterocycles. The lowest BCUT2D eigenvalue weighted by Crippen LogP contribution is -2.42. The van der Waals surface area contributed by atoms with Crippen molar-refractivity contribution in [2.45, 2.75) is 30.3 Å². The van der Waals surface area contributed by atoms with Crippen LogP contribution in [-0.4, -0.2) is 23.8 Å². The van der Waals surface area contributed by atoms with Crippen LogP contribution in [0.5, 0.6) is 0 Å². The molecule has 4 rings (SSSR count). The summed E-state index contributed by atoms with van der Waals surface area (Å²) in [5.74, 6) is -1.61. The topological polar surface area (TPSA) is 74.7 Å². The second-order valence-corrected chi connectivity index (χ2v) is 9.57. The van der Waals surface area contributed by atoms with E-state index >= 15 is 0 Å². The Balaban J connectivity index is 1.95. The molecule has 3 aromatic rings. The van der Waals surface area contributed by atoms with Gasteiger partial charge in [-0.05, 0) is 48.7 Å². The molecule has 164 valence electrons. The fraction of sp³-hybridized carbons (Fsp3) is 0.160. The van der Waals surface area contributed by atoms with Gasteiger partial charge in [0.05, 0.1) is 22.6 Å². The number of sulfonamides is 1. The van der Waals surface area contributed by atoms with E-state index in [0.717, 1.165) is 5.56 Å². The van der Waals surface area contributed by atoms with Crippen molar-refractivity contribution >= 4 is 16.0 Å². The van der Waals surface area contributed by atoms with E-state index in [-0.39, 0.29) is 16.9 Å². The van der Waals surface area contributed by atoms with Gasteiger partial charge in [-0.2, -0.15) is 4.31 Å². The van der Waals surface area contributed by atoms with Gasteiger partial charge >= 0.3 is 5.97 Å². The summed E-state index contributed by atoms with van der Waals surface area (Å²) in [7, 11) is -4.11. The number of aryl methyl sites for hydroxylation is 1. The Labute approximate surface area is 186 Å². The number of benzene rings is 3. The van der Waals surface area contributed by atoms with Crippen molar-refractivity contribution in [2.75, 3.05) is 0 Å². The zero-order valence-corrected chi connectivity index (χ0v) is 18.2. The summed E-state index contributed by atoms with van der Waals surface area (Å²) >= 11 is 0. The van der Waals surface area contributed by atoms with Crippen LogP contribution >= 0.6 is 0 Å². The van der Waals surface area contributed by atoms with Gasteiger partial charge in [0.1, 0.15) is 5.82 Å². The third-order valence-electron chi connectivity index (χ3n) is 5.63. The van der Waals surface area contributed by atoms with E-state index in [1.54, 1.807) is 60.7 Å². The minimum atomic E-state index is -4.11. The molecule has 0 radical (unpaired) electrons. The molecule has 3 aromatic carbocycles. The van der Waals surface area contributed by atoms with Crippen LogP contribution in [-0.2, 0) is 14.8 Å². The normalized spacial score (nSPS) is 19.4. The average molecular weight is 452 g/mol. The lowest BCUT2D eigenvalue weighted by atomic mass is 9.89. The van der Waals surface area contributed by atoms with Gasteiger partial charge in [-0.15, -0.1) is 0 Å². The zero-order chi connectivity index (χ0) is 22.9. The molecule has 1 unspecified atom stereocenters. The Morgan fingerprint density at radius 3 is 2.16 bits per heavy atom. The highest BCUT2D eigenvalue weighted by Gasteiger charge is 2.44. The first-order valence-electron chi connectivity index (χ1n) is 10.1. The fourth-order valence-corrected chi connectivity index (χ4v) is 5.82. The Morgan fingerprint density at radius 1 is 0.938 bits per heavy atom. The maximum Gasteiger partial charge on any atom is 0.333 e. The van der Waals surface area contributed by atoms with Gasteiger partial charge in [-0.1, -0.05) is 66.2 Å². The number of aliphatic carboxylic acids is 1. The lowest BCUT2D eigenvalue weighted by molar-refractivity contribution is -0.133. The third-order valence-corrected chi connectivity index (χ3v) is 7.52. The molecule has 1 aliphatic heterocycles. The minimum Gasteiger partial charge on any atom is -0.478 e. The average Bonchev–Trinajstić information content (AvgIpc) is 2.79. The van der Waals surface area contributed by atoms with Gasteiger partial charge in [0.2, 0.25) is 10.0 Å². The summed E-state index contributed by atoms with van der Waals surface area (Å²) in [4.78, 5) is 12.2. The van der Waals surface area contributed by atoms with Crippen molar-refractivity contribution in [2.24, 2.45) is 0 Å². The summed E-state index contributed by atoms with van der Waals surface area (Å²) in [5, 5.41) is 9.91. The molecule has 0 saturated heterocycles. The van der Waals surface area contributed by atoms with Crippen LogP contribution in [0.15, 0.2) is 95.4 Å². The van der Waals surface area contributed by atoms with Crippen LogP contribution in [0.25, 0.3) is 0 Å². The van der Waals surface area contributed by atoms with E-state index < -0.39 is 33.9 Å². The molecule has 1 aliphatic rings. The summed E-state index contributed by atoms with van der Waals surface area (Å²) < 4.78 is 42.7. The molecule has 0 fully saturated rings. The van der Waals surface area contributed by atoms with Crippen molar-refractivity contribution in [3.05, 3.63) is 113 Å². The number of nitrogens with zero attached hydrogens (tertiary/aromatic N) is 1. The largest absolute Gasteiger partial charge is 0.478 e. The molecule has 5 nitrogen and oxygen atoms in total. The van der Waals surface area contributed by atoms with E-state index in [1.807, 2.05) is 6.92 Å². The zero-order valence-electron chi connectivity index (χ0n) is 17.4. The highest BCUT2D eigenvalue weighted by atomic mass is 32.2. The number of carboxylic acids is 1. The van der Waals surface area contributed by atoms with Crippen LogP contribution in [0, 0.1) is 12.7 Å². The van der Waals surface area contributed by atoms with Gasteiger partial charge in [0.25, 0.3) is 0 Å². The lowest BCUT2D eigenvalue weighted by Gasteiger charge is -2.40. The number of carboxylic acid groups (broad SMARTS) is 1. The van der Waals surface area contributed by atoms with Gasteiger partial charge in [0, 0.05) is 0 Å². The molecule has 0 saturated carbocycles. The predicted octanol–water partition coefficient (Wildman–Crippen LogP) is 5.02. The monoisotopic (exact) mass is 451 g/mol. The fourth-order valence-electron chi connectivity index (χ4n) is 4.04. The third kappa shape index (κ3) is 4.09. The quantitative estimate of drug-likeness (QED) is 0.591. The molecule has 2 atom stereocenters. The Morgan fingerprint density at radius 2 is 1.56 bits per heavy atom. The highest BCUT2D eigenvalue weighted by molar-refractivity contribution is 7.89. The Bertz CT molecular complexity index is 1250. The molecule has 1 heterocycles. The predicted molar refractivity (Wildman–Crippen MR) is 119 cm³/mol. The molecule has 32 heavy (non-hydrogen) atoms. The van der Waals surface area contributed by atoms with E-state index in [0.29, 0.717) is 11.1 Å². The smallest absolute Gasteiger partial charge is 0.333 e. The van der Waals surface area contributed by atoms with Crippen molar-refractivity contribution in [3.63, 3.8) is 0 Å². The molecule has 0 spiro atoms. The van der Waals surface area contributed by atoms with Crippen LogP contribution in [0.2, 0.25) is 0 Å². The van der Waals surface area contributed by atoms with Crippen LogP contribution in [0.3, 0.4) is 0 Å². The molecule has 7 heteroatoms. The first-order chi connectivity index (χ1) is 15.3. The van der Waals surface area contributed by atoms with E-state index in [4.69, 9.17) is 0 Å². The molecule has 0 bridgehead atoms. The van der Waals surface area contributed by atoms with E-state index in [1.165, 1.54) is 28.6 Å². The van der Waals surface area contributed by atoms with Gasteiger partial charge in [0.15, 0.2) is 0 Å². The number of hydrogen-bond donors (Lipinski definition) is 1. The van der Waals surface area contributed by atoms with Gasteiger partial charge in [-0.25, -0.2) is 17.6 Å². The summed E-state index contributed by atoms with van der Waals surface area (Å²) in [6.07, 6.45) is 1.72. The Kier molecular flexibility index (Phi) is 5.95. The van der Waals surface area contributed by atoms with Crippen LogP contribution in [0.4, 0.5) is 4.39 Å². The first-order valence-corrected chi connectivity index (χ1v) is 11.6. The molecule has 0 amide bonds. The number of halogens is 1. The van der Waals surface area contributed by atoms with Gasteiger partial charge < -0.3 is 5.11 Å². The van der Waals surface area contributed by atoms with Crippen molar-refractivity contribution in [1.29, 1.82) is 0 Å². The minimum absolute atomic E-state index is 0.00903. The second kappa shape index (κ2) is 8.68. The molecule has 0 aliphatic carbocycles. The number of carbonyl (C=O) groups is 1. The first kappa shape index (κ1) is 21.9. The molecular formula is C25H22FNO4S. The van der Waals surface area contributed by atoms with Crippen molar-refractivity contribution in [3.8, 4) is 0 Å². The number of hydrogen-bond acceptors (Lipinski definition) is 3. The van der Waals surface area contributed by atoms with E-state index in [9.17, 15) is 22.7 Å².